The lowest BCUT2D eigenvalue weighted by molar-refractivity contribution is -0.136. The summed E-state index contributed by atoms with van der Waals surface area (Å²) in [4.78, 5) is 36.1. The maximum absolute atomic E-state index is 12.9. The minimum atomic E-state index is -1.02. The van der Waals surface area contributed by atoms with E-state index in [0.29, 0.717) is 29.4 Å². The molecule has 0 spiro atoms. The number of anilines is 2. The van der Waals surface area contributed by atoms with Crippen molar-refractivity contribution in [2.45, 2.75) is 6.92 Å². The highest BCUT2D eigenvalue weighted by molar-refractivity contribution is 6.39. The number of amides is 3. The minimum Gasteiger partial charge on any atom is -0.494 e. The van der Waals surface area contributed by atoms with Crippen molar-refractivity contribution in [3.63, 3.8) is 0 Å². The Labute approximate surface area is 200 Å². The molecule has 0 heterocycles. The molecule has 0 bridgehead atoms. The van der Waals surface area contributed by atoms with Gasteiger partial charge in [0.25, 0.3) is 5.91 Å². The smallest absolute Gasteiger partial charge is 0.329 e. The van der Waals surface area contributed by atoms with Crippen LogP contribution in [0.1, 0.15) is 12.5 Å². The number of halogens is 1. The first-order valence-electron chi connectivity index (χ1n) is 10.6. The Kier molecular flexibility index (Phi) is 8.89. The molecule has 180 valence electrons. The van der Waals surface area contributed by atoms with E-state index in [1.54, 1.807) is 48.5 Å². The monoisotopic (exact) mass is 478 g/mol. The summed E-state index contributed by atoms with van der Waals surface area (Å²) in [5.74, 6) is -1.76. The summed E-state index contributed by atoms with van der Waals surface area (Å²) in [5.41, 5.74) is 3.43. The van der Waals surface area contributed by atoms with Crippen molar-refractivity contribution in [2.24, 2.45) is 5.10 Å². The summed E-state index contributed by atoms with van der Waals surface area (Å²) in [5, 5.41) is 8.80. The van der Waals surface area contributed by atoms with E-state index >= 15 is 0 Å². The zero-order valence-electron chi connectivity index (χ0n) is 18.8. The Bertz CT molecular complexity index is 1200. The standard InChI is InChI=1S/C25H23FN4O5/c1-2-34-21-13-11-19(12-14-21)28-23(31)16-35-22-6-4-3-5-17(22)15-27-30-25(33)24(32)29-20-9-7-18(26)8-10-20/h3-15H,2,16H2,1H3,(H,28,31)(H,29,32)(H,30,33)/b27-15-. The second kappa shape index (κ2) is 12.5. The molecule has 3 aromatic carbocycles. The van der Waals surface area contributed by atoms with Crippen molar-refractivity contribution >= 4 is 35.3 Å². The second-order valence-corrected chi connectivity index (χ2v) is 6.99. The van der Waals surface area contributed by atoms with Gasteiger partial charge < -0.3 is 20.1 Å². The molecule has 0 radical (unpaired) electrons. The molecule has 0 saturated heterocycles. The normalized spacial score (nSPS) is 10.5. The number of carbonyl (C=O) groups is 3. The molecule has 0 atom stereocenters. The zero-order valence-corrected chi connectivity index (χ0v) is 18.8. The van der Waals surface area contributed by atoms with E-state index in [4.69, 9.17) is 9.47 Å². The van der Waals surface area contributed by atoms with Gasteiger partial charge in [0.1, 0.15) is 17.3 Å². The molecule has 10 heteroatoms. The van der Waals surface area contributed by atoms with Gasteiger partial charge in [-0.1, -0.05) is 12.1 Å². The van der Waals surface area contributed by atoms with Crippen LogP contribution in [0.3, 0.4) is 0 Å². The van der Waals surface area contributed by atoms with Crippen molar-refractivity contribution in [2.75, 3.05) is 23.8 Å². The predicted molar refractivity (Wildman–Crippen MR) is 129 cm³/mol. The molecular weight excluding hydrogens is 455 g/mol. The summed E-state index contributed by atoms with van der Waals surface area (Å²) in [6.07, 6.45) is 1.28. The molecule has 0 fully saturated rings. The van der Waals surface area contributed by atoms with Crippen LogP contribution in [0.15, 0.2) is 77.9 Å². The molecule has 0 aliphatic rings. The number of hydrogen-bond donors (Lipinski definition) is 3. The second-order valence-electron chi connectivity index (χ2n) is 6.99. The van der Waals surface area contributed by atoms with Crippen LogP contribution in [0.5, 0.6) is 11.5 Å². The number of hydrogen-bond acceptors (Lipinski definition) is 6. The van der Waals surface area contributed by atoms with E-state index in [2.05, 4.69) is 21.2 Å². The third kappa shape index (κ3) is 7.97. The van der Waals surface area contributed by atoms with Crippen molar-refractivity contribution in [1.82, 2.24) is 5.43 Å². The van der Waals surface area contributed by atoms with Gasteiger partial charge in [-0.3, -0.25) is 14.4 Å². The predicted octanol–water partition coefficient (Wildman–Crippen LogP) is 3.33. The number of para-hydroxylation sites is 1. The first kappa shape index (κ1) is 24.9. The fourth-order valence-corrected chi connectivity index (χ4v) is 2.79. The summed E-state index contributed by atoms with van der Waals surface area (Å²) in [6, 6.07) is 18.6. The SMILES string of the molecule is CCOc1ccc(NC(=O)COc2ccccc2/C=N\NC(=O)C(=O)Nc2ccc(F)cc2)cc1. The summed E-state index contributed by atoms with van der Waals surface area (Å²) < 4.78 is 23.9. The van der Waals surface area contributed by atoms with Gasteiger partial charge in [0, 0.05) is 16.9 Å². The van der Waals surface area contributed by atoms with Gasteiger partial charge >= 0.3 is 11.8 Å². The van der Waals surface area contributed by atoms with Gasteiger partial charge in [0.2, 0.25) is 0 Å². The molecule has 0 unspecified atom stereocenters. The average Bonchev–Trinajstić information content (AvgIpc) is 2.86. The molecular formula is C25H23FN4O5. The van der Waals surface area contributed by atoms with E-state index < -0.39 is 17.6 Å². The lowest BCUT2D eigenvalue weighted by Crippen LogP contribution is -2.32. The molecule has 3 rings (SSSR count). The number of nitrogens with zero attached hydrogens (tertiary/aromatic N) is 1. The number of nitrogens with one attached hydrogen (secondary N) is 3. The first-order chi connectivity index (χ1) is 16.9. The van der Waals surface area contributed by atoms with Gasteiger partial charge in [-0.25, -0.2) is 9.82 Å². The van der Waals surface area contributed by atoms with E-state index in [-0.39, 0.29) is 18.2 Å². The van der Waals surface area contributed by atoms with Crippen LogP contribution in [-0.2, 0) is 14.4 Å². The van der Waals surface area contributed by atoms with Gasteiger partial charge in [0.05, 0.1) is 12.8 Å². The zero-order chi connectivity index (χ0) is 25.0. The first-order valence-corrected chi connectivity index (χ1v) is 10.6. The van der Waals surface area contributed by atoms with Gasteiger partial charge in [-0.05, 0) is 67.6 Å². The Morgan fingerprint density at radius 1 is 0.857 bits per heavy atom. The maximum Gasteiger partial charge on any atom is 0.329 e. The highest BCUT2D eigenvalue weighted by Crippen LogP contribution is 2.17. The molecule has 0 aliphatic carbocycles. The van der Waals surface area contributed by atoms with E-state index in [9.17, 15) is 18.8 Å². The largest absolute Gasteiger partial charge is 0.494 e. The quantitative estimate of drug-likeness (QED) is 0.248. The van der Waals surface area contributed by atoms with Crippen LogP contribution < -0.4 is 25.5 Å². The minimum absolute atomic E-state index is 0.259. The van der Waals surface area contributed by atoms with E-state index in [1.807, 2.05) is 6.92 Å². The van der Waals surface area contributed by atoms with Crippen molar-refractivity contribution in [1.29, 1.82) is 0 Å². The van der Waals surface area contributed by atoms with Gasteiger partial charge in [-0.15, -0.1) is 0 Å². The number of rotatable bonds is 9. The van der Waals surface area contributed by atoms with Crippen molar-refractivity contribution in [3.05, 3.63) is 84.2 Å². The van der Waals surface area contributed by atoms with Crippen LogP contribution in [0.2, 0.25) is 0 Å². The Hall–Kier alpha value is -4.73. The highest BCUT2D eigenvalue weighted by Gasteiger charge is 2.13. The average molecular weight is 478 g/mol. The summed E-state index contributed by atoms with van der Waals surface area (Å²) in [6.45, 7) is 2.18. The topological polar surface area (TPSA) is 118 Å². The van der Waals surface area contributed by atoms with E-state index in [1.165, 1.54) is 18.3 Å². The third-order valence-corrected chi connectivity index (χ3v) is 4.40. The molecule has 3 N–H and O–H groups in total. The van der Waals surface area contributed by atoms with Crippen LogP contribution in [0.25, 0.3) is 0 Å². The molecule has 35 heavy (non-hydrogen) atoms. The summed E-state index contributed by atoms with van der Waals surface area (Å²) >= 11 is 0. The molecule has 3 amide bonds. The fraction of sp³-hybridized carbons (Fsp3) is 0.120. The number of benzene rings is 3. The number of carbonyl (C=O) groups excluding carboxylic acids is 3. The van der Waals surface area contributed by atoms with Crippen LogP contribution >= 0.6 is 0 Å². The molecule has 0 aromatic heterocycles. The van der Waals surface area contributed by atoms with Crippen molar-refractivity contribution < 1.29 is 28.2 Å². The Balaban J connectivity index is 1.50. The third-order valence-electron chi connectivity index (χ3n) is 4.40. The van der Waals surface area contributed by atoms with E-state index in [0.717, 1.165) is 12.1 Å². The molecule has 3 aromatic rings. The highest BCUT2D eigenvalue weighted by atomic mass is 19.1. The Morgan fingerprint density at radius 2 is 1.51 bits per heavy atom. The van der Waals surface area contributed by atoms with Crippen LogP contribution in [0.4, 0.5) is 15.8 Å². The maximum atomic E-state index is 12.9. The number of ether oxygens (including phenoxy) is 2. The molecule has 0 saturated carbocycles. The fourth-order valence-electron chi connectivity index (χ4n) is 2.79. The van der Waals surface area contributed by atoms with Crippen molar-refractivity contribution in [3.8, 4) is 11.5 Å². The van der Waals surface area contributed by atoms with Gasteiger partial charge in [-0.2, -0.15) is 5.10 Å². The Morgan fingerprint density at radius 3 is 2.23 bits per heavy atom. The number of hydrazone groups is 1. The lowest BCUT2D eigenvalue weighted by atomic mass is 10.2. The molecule has 9 nitrogen and oxygen atoms in total. The lowest BCUT2D eigenvalue weighted by Gasteiger charge is -2.10. The van der Waals surface area contributed by atoms with Crippen LogP contribution in [-0.4, -0.2) is 37.1 Å². The molecule has 0 aliphatic heterocycles. The van der Waals surface area contributed by atoms with Crippen LogP contribution in [0, 0.1) is 5.82 Å². The van der Waals surface area contributed by atoms with Gasteiger partial charge in [0.15, 0.2) is 6.61 Å². The summed E-state index contributed by atoms with van der Waals surface area (Å²) in [7, 11) is 0.